The molecule has 3 heteroatoms. The fourth-order valence-electron chi connectivity index (χ4n) is 5.04. The predicted octanol–water partition coefficient (Wildman–Crippen LogP) is 8.54. The number of rotatable bonds is 3. The van der Waals surface area contributed by atoms with Gasteiger partial charge in [-0.1, -0.05) is 84.9 Å². The number of nitrogens with zero attached hydrogens (tertiary/aromatic N) is 3. The van der Waals surface area contributed by atoms with Crippen LogP contribution in [0.25, 0.3) is 54.6 Å². The molecule has 0 fully saturated rings. The van der Waals surface area contributed by atoms with Gasteiger partial charge in [-0.05, 0) is 47.0 Å². The molecule has 0 bridgehead atoms. The van der Waals surface area contributed by atoms with E-state index in [1.807, 2.05) is 48.5 Å². The van der Waals surface area contributed by atoms with Crippen molar-refractivity contribution < 1.29 is 0 Å². The van der Waals surface area contributed by atoms with Gasteiger partial charge in [-0.2, -0.15) is 5.26 Å². The number of hydrogen-bond acceptors (Lipinski definition) is 1. The summed E-state index contributed by atoms with van der Waals surface area (Å²) in [4.78, 5) is 3.78. The van der Waals surface area contributed by atoms with Crippen molar-refractivity contribution in [1.82, 2.24) is 4.57 Å². The highest BCUT2D eigenvalue weighted by molar-refractivity contribution is 6.21. The Hall–Kier alpha value is -5.12. The van der Waals surface area contributed by atoms with E-state index < -0.39 is 0 Å². The molecule has 0 saturated heterocycles. The van der Waals surface area contributed by atoms with E-state index in [-0.39, 0.29) is 0 Å². The van der Waals surface area contributed by atoms with Crippen molar-refractivity contribution in [1.29, 1.82) is 5.26 Å². The molecule has 162 valence electrons. The van der Waals surface area contributed by atoms with Crippen molar-refractivity contribution in [2.75, 3.05) is 0 Å². The SMILES string of the molecule is [C-]#[N+]c1cccc(C#N)c1-c1cccc2c1c1c(-c3ccccc3)cccc1n2-c1ccccc1. The molecule has 5 aromatic carbocycles. The zero-order chi connectivity index (χ0) is 23.8. The third-order valence-electron chi connectivity index (χ3n) is 6.47. The van der Waals surface area contributed by atoms with Crippen molar-refractivity contribution in [3.63, 3.8) is 0 Å². The van der Waals surface area contributed by atoms with Gasteiger partial charge in [-0.15, -0.1) is 0 Å². The van der Waals surface area contributed by atoms with Gasteiger partial charge in [0.05, 0.1) is 23.7 Å². The van der Waals surface area contributed by atoms with Crippen LogP contribution < -0.4 is 0 Å². The molecule has 0 unspecified atom stereocenters. The van der Waals surface area contributed by atoms with Crippen molar-refractivity contribution >= 4 is 27.5 Å². The van der Waals surface area contributed by atoms with Gasteiger partial charge in [0, 0.05) is 27.6 Å². The number of para-hydroxylation sites is 1. The highest BCUT2D eigenvalue weighted by atomic mass is 15.0. The van der Waals surface area contributed by atoms with Crippen LogP contribution in [0.5, 0.6) is 0 Å². The van der Waals surface area contributed by atoms with E-state index in [1.165, 1.54) is 0 Å². The predicted molar refractivity (Wildman–Crippen MR) is 143 cm³/mol. The van der Waals surface area contributed by atoms with E-state index in [9.17, 15) is 5.26 Å². The van der Waals surface area contributed by atoms with Gasteiger partial charge in [-0.25, -0.2) is 4.85 Å². The normalized spacial score (nSPS) is 10.8. The molecule has 0 N–H and O–H groups in total. The highest BCUT2D eigenvalue weighted by Gasteiger charge is 2.21. The van der Waals surface area contributed by atoms with Crippen molar-refractivity contribution in [3.05, 3.63) is 132 Å². The van der Waals surface area contributed by atoms with Crippen molar-refractivity contribution in [2.24, 2.45) is 0 Å². The van der Waals surface area contributed by atoms with E-state index >= 15 is 0 Å². The van der Waals surface area contributed by atoms with Crippen LogP contribution >= 0.6 is 0 Å². The van der Waals surface area contributed by atoms with E-state index in [1.54, 1.807) is 18.2 Å². The number of nitriles is 1. The second-order valence-electron chi connectivity index (χ2n) is 8.36. The summed E-state index contributed by atoms with van der Waals surface area (Å²) in [6, 6.07) is 40.9. The maximum absolute atomic E-state index is 9.94. The summed E-state index contributed by atoms with van der Waals surface area (Å²) in [6.07, 6.45) is 0. The van der Waals surface area contributed by atoms with Gasteiger partial charge in [0.2, 0.25) is 0 Å². The Balaban J connectivity index is 1.86. The number of hydrogen-bond donors (Lipinski definition) is 0. The van der Waals surface area contributed by atoms with Crippen LogP contribution in [0, 0.1) is 17.9 Å². The smallest absolute Gasteiger partial charge is 0.196 e. The minimum Gasteiger partial charge on any atom is -0.309 e. The average Bonchev–Trinajstić information content (AvgIpc) is 3.28. The third kappa shape index (κ3) is 3.19. The molecule has 0 amide bonds. The molecule has 0 aliphatic heterocycles. The Bertz CT molecular complexity index is 1770. The van der Waals surface area contributed by atoms with Crippen LogP contribution in [0.1, 0.15) is 5.56 Å². The minimum absolute atomic E-state index is 0.481. The lowest BCUT2D eigenvalue weighted by Crippen LogP contribution is -1.93. The minimum atomic E-state index is 0.481. The molecule has 6 aromatic rings. The first-order valence-corrected chi connectivity index (χ1v) is 11.4. The molecule has 3 nitrogen and oxygen atoms in total. The first-order valence-electron chi connectivity index (χ1n) is 11.4. The van der Waals surface area contributed by atoms with Crippen LogP contribution in [0.4, 0.5) is 5.69 Å². The Kier molecular flexibility index (Phi) is 4.88. The molecule has 6 rings (SSSR count). The van der Waals surface area contributed by atoms with Crippen molar-refractivity contribution in [3.8, 4) is 34.0 Å². The van der Waals surface area contributed by atoms with Gasteiger partial charge in [-0.3, -0.25) is 0 Å². The second kappa shape index (κ2) is 8.34. The Morgan fingerprint density at radius 1 is 0.629 bits per heavy atom. The molecule has 0 aliphatic carbocycles. The van der Waals surface area contributed by atoms with E-state index in [0.717, 1.165) is 44.2 Å². The largest absolute Gasteiger partial charge is 0.309 e. The lowest BCUT2D eigenvalue weighted by atomic mass is 9.92. The van der Waals surface area contributed by atoms with E-state index in [4.69, 9.17) is 6.57 Å². The molecule has 35 heavy (non-hydrogen) atoms. The summed E-state index contributed by atoms with van der Waals surface area (Å²) < 4.78 is 2.27. The standard InChI is InChI=1S/C32H19N3/c1-34-27-18-8-13-23(21-33)30(27)26-17-10-20-29-32(26)31-25(22-11-4-2-5-12-22)16-9-19-28(31)35(29)24-14-6-3-7-15-24/h2-20H. The maximum atomic E-state index is 9.94. The third-order valence-corrected chi connectivity index (χ3v) is 6.47. The molecule has 1 heterocycles. The summed E-state index contributed by atoms with van der Waals surface area (Å²) in [5.41, 5.74) is 7.99. The van der Waals surface area contributed by atoms with Crippen LogP contribution in [0.2, 0.25) is 0 Å². The number of benzene rings is 5. The molecule has 0 atom stereocenters. The summed E-state index contributed by atoms with van der Waals surface area (Å²) in [5.74, 6) is 0. The fraction of sp³-hybridized carbons (Fsp3) is 0. The van der Waals surface area contributed by atoms with Gasteiger partial charge in [0.15, 0.2) is 5.69 Å². The maximum Gasteiger partial charge on any atom is 0.196 e. The van der Waals surface area contributed by atoms with Gasteiger partial charge < -0.3 is 4.57 Å². The molecular weight excluding hydrogens is 426 g/mol. The number of fused-ring (bicyclic) bond motifs is 3. The van der Waals surface area contributed by atoms with Crippen LogP contribution in [0.3, 0.4) is 0 Å². The van der Waals surface area contributed by atoms with Gasteiger partial charge in [0.1, 0.15) is 0 Å². The summed E-state index contributed by atoms with van der Waals surface area (Å²) in [6.45, 7) is 7.80. The molecule has 0 saturated carbocycles. The zero-order valence-electron chi connectivity index (χ0n) is 18.8. The van der Waals surface area contributed by atoms with Crippen molar-refractivity contribution in [2.45, 2.75) is 0 Å². The summed E-state index contributed by atoms with van der Waals surface area (Å²) >= 11 is 0. The molecule has 0 aliphatic rings. The van der Waals surface area contributed by atoms with Crippen LogP contribution in [-0.4, -0.2) is 4.57 Å². The first-order chi connectivity index (χ1) is 17.3. The highest BCUT2D eigenvalue weighted by Crippen LogP contribution is 2.45. The summed E-state index contributed by atoms with van der Waals surface area (Å²) in [7, 11) is 0. The summed E-state index contributed by atoms with van der Waals surface area (Å²) in [5, 5.41) is 12.1. The lowest BCUT2D eigenvalue weighted by molar-refractivity contribution is 1.18. The monoisotopic (exact) mass is 445 g/mol. The Morgan fingerprint density at radius 3 is 1.89 bits per heavy atom. The average molecular weight is 446 g/mol. The first kappa shape index (κ1) is 20.5. The number of aromatic nitrogens is 1. The van der Waals surface area contributed by atoms with Gasteiger partial charge in [0.25, 0.3) is 0 Å². The van der Waals surface area contributed by atoms with Crippen LogP contribution in [-0.2, 0) is 0 Å². The van der Waals surface area contributed by atoms with E-state index in [2.05, 4.69) is 64.0 Å². The Morgan fingerprint density at radius 2 is 1.23 bits per heavy atom. The Labute approximate surface area is 203 Å². The zero-order valence-corrected chi connectivity index (χ0v) is 18.8. The molecule has 0 spiro atoms. The topological polar surface area (TPSA) is 33.1 Å². The fourth-order valence-corrected chi connectivity index (χ4v) is 5.04. The van der Waals surface area contributed by atoms with E-state index in [0.29, 0.717) is 16.8 Å². The lowest BCUT2D eigenvalue weighted by Gasteiger charge is -2.11. The molecular formula is C32H19N3. The van der Waals surface area contributed by atoms with Gasteiger partial charge >= 0.3 is 0 Å². The second-order valence-corrected chi connectivity index (χ2v) is 8.36. The van der Waals surface area contributed by atoms with Crippen LogP contribution in [0.15, 0.2) is 115 Å². The quantitative estimate of drug-likeness (QED) is 0.251. The molecule has 0 radical (unpaired) electrons. The molecule has 1 aromatic heterocycles.